The van der Waals surface area contributed by atoms with Gasteiger partial charge in [-0.2, -0.15) is 0 Å². The molecule has 2 heterocycles. The lowest BCUT2D eigenvalue weighted by Gasteiger charge is -2.25. The largest absolute Gasteiger partial charge is 0.293 e. The number of rotatable bonds is 5. The zero-order chi connectivity index (χ0) is 22.1. The highest BCUT2D eigenvalue weighted by atomic mass is 32.2. The van der Waals surface area contributed by atoms with Crippen LogP contribution >= 0.6 is 11.8 Å². The van der Waals surface area contributed by atoms with Crippen LogP contribution in [-0.4, -0.2) is 39.4 Å². The van der Waals surface area contributed by atoms with Gasteiger partial charge in [0, 0.05) is 17.5 Å². The minimum absolute atomic E-state index is 0.0764. The molecule has 158 valence electrons. The van der Waals surface area contributed by atoms with Crippen molar-refractivity contribution in [2.24, 2.45) is 9.98 Å². The molecule has 0 fully saturated rings. The van der Waals surface area contributed by atoms with Crippen molar-refractivity contribution in [2.45, 2.75) is 12.5 Å². The summed E-state index contributed by atoms with van der Waals surface area (Å²) in [5.41, 5.74) is 2.96. The van der Waals surface area contributed by atoms with E-state index in [2.05, 4.69) is 4.99 Å². The summed E-state index contributed by atoms with van der Waals surface area (Å²) in [4.78, 5) is 36.8. The zero-order valence-electron chi connectivity index (χ0n) is 16.9. The van der Waals surface area contributed by atoms with Gasteiger partial charge >= 0.3 is 0 Å². The molecule has 0 saturated carbocycles. The van der Waals surface area contributed by atoms with Gasteiger partial charge in [0.05, 0.1) is 11.4 Å². The molecule has 0 bridgehead atoms. The van der Waals surface area contributed by atoms with E-state index in [0.717, 1.165) is 11.1 Å². The minimum Gasteiger partial charge on any atom is -0.293 e. The molecular formula is C25H18FN3O2S. The predicted molar refractivity (Wildman–Crippen MR) is 124 cm³/mol. The summed E-state index contributed by atoms with van der Waals surface area (Å²) in [5.74, 6) is -0.0670. The Hall–Kier alpha value is -3.58. The first-order valence-corrected chi connectivity index (χ1v) is 11.1. The second-order valence-corrected chi connectivity index (χ2v) is 8.40. The first kappa shape index (κ1) is 20.3. The van der Waals surface area contributed by atoms with E-state index in [9.17, 15) is 14.0 Å². The molecule has 3 aromatic rings. The molecule has 0 radical (unpaired) electrons. The van der Waals surface area contributed by atoms with Crippen LogP contribution in [0.25, 0.3) is 0 Å². The summed E-state index contributed by atoms with van der Waals surface area (Å²) in [5, 5.41) is 0.429. The number of para-hydroxylation sites is 1. The van der Waals surface area contributed by atoms with Crippen LogP contribution in [0.1, 0.15) is 21.5 Å². The molecule has 5 rings (SSSR count). The normalized spacial score (nSPS) is 16.8. The fourth-order valence-electron chi connectivity index (χ4n) is 3.72. The van der Waals surface area contributed by atoms with E-state index >= 15 is 0 Å². The topological polar surface area (TPSA) is 62.1 Å². The third-order valence-electron chi connectivity index (χ3n) is 5.32. The lowest BCUT2D eigenvalue weighted by molar-refractivity contribution is -0.124. The number of benzene rings is 3. The van der Waals surface area contributed by atoms with E-state index in [0.29, 0.717) is 28.7 Å². The number of Topliss-reactive ketones (excluding diaryl/α,β-unsaturated/α-hetero) is 1. The predicted octanol–water partition coefficient (Wildman–Crippen LogP) is 4.64. The average molecular weight is 444 g/mol. The van der Waals surface area contributed by atoms with Crippen LogP contribution in [0.3, 0.4) is 0 Å². The summed E-state index contributed by atoms with van der Waals surface area (Å²) < 4.78 is 13.2. The third-order valence-corrected chi connectivity index (χ3v) is 6.26. The number of hydrogen-bond acceptors (Lipinski definition) is 5. The van der Waals surface area contributed by atoms with Gasteiger partial charge in [0.1, 0.15) is 17.7 Å². The molecule has 1 amide bonds. The van der Waals surface area contributed by atoms with E-state index < -0.39 is 11.9 Å². The van der Waals surface area contributed by atoms with Gasteiger partial charge in [-0.25, -0.2) is 14.3 Å². The Labute approximate surface area is 188 Å². The fraction of sp³-hybridized carbons (Fsp3) is 0.120. The zero-order valence-corrected chi connectivity index (χ0v) is 17.8. The highest BCUT2D eigenvalue weighted by Crippen LogP contribution is 2.34. The van der Waals surface area contributed by atoms with Crippen molar-refractivity contribution in [1.82, 2.24) is 4.90 Å². The van der Waals surface area contributed by atoms with Crippen molar-refractivity contribution in [3.05, 3.63) is 101 Å². The van der Waals surface area contributed by atoms with Crippen LogP contribution in [0.5, 0.6) is 0 Å². The molecule has 1 atom stereocenters. The number of fused-ring (bicyclic) bond motifs is 3. The first-order chi connectivity index (χ1) is 15.6. The van der Waals surface area contributed by atoms with Gasteiger partial charge in [-0.1, -0.05) is 54.2 Å². The average Bonchev–Trinajstić information content (AvgIpc) is 3.15. The molecule has 2 aliphatic rings. The minimum atomic E-state index is -0.544. The molecule has 0 aromatic heterocycles. The molecule has 7 heteroatoms. The number of carbonyl (C=O) groups excluding carboxylic acids is 2. The number of aliphatic imine (C=N–C) groups is 2. The number of ketones is 1. The first-order valence-electron chi connectivity index (χ1n) is 10.2. The summed E-state index contributed by atoms with van der Waals surface area (Å²) >= 11 is 1.19. The number of amidine groups is 2. The third kappa shape index (κ3) is 3.87. The van der Waals surface area contributed by atoms with Gasteiger partial charge in [-0.15, -0.1) is 0 Å². The number of carbonyl (C=O) groups is 2. The molecule has 5 nitrogen and oxygen atoms in total. The Morgan fingerprint density at radius 2 is 1.69 bits per heavy atom. The van der Waals surface area contributed by atoms with Gasteiger partial charge in [-0.3, -0.25) is 14.6 Å². The monoisotopic (exact) mass is 443 g/mol. The van der Waals surface area contributed by atoms with Gasteiger partial charge in [0.15, 0.2) is 11.0 Å². The highest BCUT2D eigenvalue weighted by molar-refractivity contribution is 8.14. The Kier molecular flexibility index (Phi) is 5.41. The molecule has 3 aromatic carbocycles. The van der Waals surface area contributed by atoms with E-state index in [1.807, 2.05) is 54.6 Å². The van der Waals surface area contributed by atoms with Crippen LogP contribution in [0.4, 0.5) is 10.1 Å². The van der Waals surface area contributed by atoms with Crippen LogP contribution < -0.4 is 0 Å². The second-order valence-electron chi connectivity index (χ2n) is 7.46. The summed E-state index contributed by atoms with van der Waals surface area (Å²) in [6.07, 6.45) is 0.494. The van der Waals surface area contributed by atoms with Crippen molar-refractivity contribution in [1.29, 1.82) is 0 Å². The molecule has 0 spiro atoms. The molecule has 32 heavy (non-hydrogen) atoms. The van der Waals surface area contributed by atoms with Crippen molar-refractivity contribution >= 4 is 40.1 Å². The SMILES string of the molecule is O=C(CSC1=Nc2ccccc2C2=N[C@H](Cc3ccccc3)C(=O)N12)c1ccc(F)cc1. The number of amides is 1. The van der Waals surface area contributed by atoms with Crippen LogP contribution in [0.15, 0.2) is 88.8 Å². The standard InChI is InChI=1S/C25H18FN3O2S/c26-18-12-10-17(11-13-18)22(30)15-32-25-28-20-9-5-4-8-19(20)23-27-21(24(31)29(23)25)14-16-6-2-1-3-7-16/h1-13,21H,14-15H2/t21-/m1/s1. The van der Waals surface area contributed by atoms with Crippen molar-refractivity contribution < 1.29 is 14.0 Å². The van der Waals surface area contributed by atoms with Crippen molar-refractivity contribution in [3.8, 4) is 0 Å². The van der Waals surface area contributed by atoms with Crippen LogP contribution in [0.2, 0.25) is 0 Å². The molecule has 0 unspecified atom stereocenters. The highest BCUT2D eigenvalue weighted by Gasteiger charge is 2.41. The Morgan fingerprint density at radius 3 is 2.47 bits per heavy atom. The van der Waals surface area contributed by atoms with Gasteiger partial charge in [0.2, 0.25) is 0 Å². The lowest BCUT2D eigenvalue weighted by atomic mass is 10.1. The maximum Gasteiger partial charge on any atom is 0.259 e. The number of halogens is 1. The number of thioether (sulfide) groups is 1. The molecule has 0 N–H and O–H groups in total. The smallest absolute Gasteiger partial charge is 0.259 e. The summed E-state index contributed by atoms with van der Waals surface area (Å²) in [7, 11) is 0. The Morgan fingerprint density at radius 1 is 0.969 bits per heavy atom. The molecule has 2 aliphatic heterocycles. The lowest BCUT2D eigenvalue weighted by Crippen LogP contribution is -2.41. The maximum absolute atomic E-state index is 13.3. The van der Waals surface area contributed by atoms with E-state index in [1.54, 1.807) is 0 Å². The van der Waals surface area contributed by atoms with Crippen LogP contribution in [0, 0.1) is 5.82 Å². The Bertz CT molecular complexity index is 1260. The van der Waals surface area contributed by atoms with E-state index in [4.69, 9.17) is 4.99 Å². The van der Waals surface area contributed by atoms with Crippen molar-refractivity contribution in [2.75, 3.05) is 5.75 Å². The van der Waals surface area contributed by atoms with Gasteiger partial charge in [0.25, 0.3) is 5.91 Å². The Balaban J connectivity index is 1.42. The maximum atomic E-state index is 13.3. The van der Waals surface area contributed by atoms with E-state index in [-0.39, 0.29) is 17.4 Å². The van der Waals surface area contributed by atoms with Crippen molar-refractivity contribution in [3.63, 3.8) is 0 Å². The molecular weight excluding hydrogens is 425 g/mol. The second kappa shape index (κ2) is 8.51. The van der Waals surface area contributed by atoms with Gasteiger partial charge < -0.3 is 0 Å². The van der Waals surface area contributed by atoms with Gasteiger partial charge in [-0.05, 0) is 42.0 Å². The van der Waals surface area contributed by atoms with E-state index in [1.165, 1.54) is 40.9 Å². The molecule has 0 saturated heterocycles. The quantitative estimate of drug-likeness (QED) is 0.540. The number of hydrogen-bond donors (Lipinski definition) is 0. The summed E-state index contributed by atoms with van der Waals surface area (Å²) in [6, 6.07) is 22.2. The fourth-order valence-corrected chi connectivity index (χ4v) is 4.61. The number of nitrogens with zero attached hydrogens (tertiary/aromatic N) is 3. The van der Waals surface area contributed by atoms with Crippen LogP contribution in [-0.2, 0) is 11.2 Å². The summed E-state index contributed by atoms with van der Waals surface area (Å²) in [6.45, 7) is 0. The molecule has 0 aliphatic carbocycles.